The Hall–Kier alpha value is -3.10. The Morgan fingerprint density at radius 2 is 2.10 bits per heavy atom. The molecule has 0 spiro atoms. The first kappa shape index (κ1) is 21.6. The van der Waals surface area contributed by atoms with Gasteiger partial charge in [-0.2, -0.15) is 5.10 Å². The number of halogens is 2. The second-order valence-electron chi connectivity index (χ2n) is 7.74. The fourth-order valence-corrected chi connectivity index (χ4v) is 3.04. The number of aromatic nitrogens is 4. The van der Waals surface area contributed by atoms with E-state index in [-0.39, 0.29) is 24.2 Å². The van der Waals surface area contributed by atoms with Crippen LogP contribution in [0.3, 0.4) is 0 Å². The van der Waals surface area contributed by atoms with Gasteiger partial charge in [0.2, 0.25) is 11.8 Å². The molecule has 1 N–H and O–H groups in total. The van der Waals surface area contributed by atoms with Gasteiger partial charge >= 0.3 is 0 Å². The lowest BCUT2D eigenvalue weighted by molar-refractivity contribution is -0.120. The van der Waals surface area contributed by atoms with Crippen molar-refractivity contribution in [1.82, 2.24) is 25.1 Å². The number of pyridine rings is 2. The molecule has 0 aromatic carbocycles. The number of carbonyl (C=O) groups is 1. The van der Waals surface area contributed by atoms with Gasteiger partial charge in [0.1, 0.15) is 0 Å². The summed E-state index contributed by atoms with van der Waals surface area (Å²) in [5.41, 5.74) is 2.92. The largest absolute Gasteiger partial charge is 0.471 e. The van der Waals surface area contributed by atoms with Gasteiger partial charge in [0.15, 0.2) is 6.61 Å². The van der Waals surface area contributed by atoms with Crippen molar-refractivity contribution in [3.8, 4) is 5.88 Å². The van der Waals surface area contributed by atoms with E-state index in [9.17, 15) is 13.6 Å². The quantitative estimate of drug-likeness (QED) is 0.608. The summed E-state index contributed by atoms with van der Waals surface area (Å²) >= 11 is 0. The van der Waals surface area contributed by atoms with Gasteiger partial charge in [-0.15, -0.1) is 0 Å². The first-order valence-corrected chi connectivity index (χ1v) is 9.67. The van der Waals surface area contributed by atoms with Crippen molar-refractivity contribution < 1.29 is 18.3 Å². The van der Waals surface area contributed by atoms with Crippen LogP contribution in [-0.4, -0.2) is 44.2 Å². The molecule has 160 valence electrons. The van der Waals surface area contributed by atoms with Crippen LogP contribution in [0.15, 0.2) is 30.7 Å². The summed E-state index contributed by atoms with van der Waals surface area (Å²) in [6, 6.07) is 3.68. The number of nitrogens with one attached hydrogen (secondary N) is 1. The van der Waals surface area contributed by atoms with Gasteiger partial charge in [-0.3, -0.25) is 14.5 Å². The molecule has 9 heteroatoms. The molecule has 3 rings (SSSR count). The highest BCUT2D eigenvalue weighted by molar-refractivity contribution is 5.86. The van der Waals surface area contributed by atoms with E-state index in [1.54, 1.807) is 30.1 Å². The molecule has 1 amide bonds. The third kappa shape index (κ3) is 5.71. The van der Waals surface area contributed by atoms with Crippen LogP contribution in [0, 0.1) is 6.92 Å². The normalized spacial score (nSPS) is 11.8. The fraction of sp³-hybridized carbons (Fsp3) is 0.429. The lowest BCUT2D eigenvalue weighted by atomic mass is 10.2. The molecule has 7 nitrogen and oxygen atoms in total. The van der Waals surface area contributed by atoms with Crippen LogP contribution in [0.2, 0.25) is 0 Å². The van der Waals surface area contributed by atoms with Gasteiger partial charge in [-0.05, 0) is 38.5 Å². The third-order valence-corrected chi connectivity index (χ3v) is 4.24. The Morgan fingerprint density at radius 3 is 2.77 bits per heavy atom. The monoisotopic (exact) mass is 417 g/mol. The predicted molar refractivity (Wildman–Crippen MR) is 109 cm³/mol. The molecule has 0 aliphatic rings. The highest BCUT2D eigenvalue weighted by Gasteiger charge is 2.22. The lowest BCUT2D eigenvalue weighted by Gasteiger charge is -2.13. The molecule has 3 aromatic heterocycles. The summed E-state index contributed by atoms with van der Waals surface area (Å²) < 4.78 is 32.8. The Kier molecular flexibility index (Phi) is 6.28. The van der Waals surface area contributed by atoms with E-state index in [0.717, 1.165) is 23.4 Å². The summed E-state index contributed by atoms with van der Waals surface area (Å²) in [6.07, 6.45) is 5.24. The van der Waals surface area contributed by atoms with E-state index in [2.05, 4.69) is 20.4 Å². The second-order valence-corrected chi connectivity index (χ2v) is 7.74. The molecule has 0 saturated heterocycles. The average Bonchev–Trinajstić information content (AvgIpc) is 3.03. The summed E-state index contributed by atoms with van der Waals surface area (Å²) in [6.45, 7) is 6.09. The van der Waals surface area contributed by atoms with Crippen LogP contribution in [0.4, 0.5) is 8.78 Å². The minimum atomic E-state index is -2.92. The maximum Gasteiger partial charge on any atom is 0.278 e. The lowest BCUT2D eigenvalue weighted by Crippen LogP contribution is -2.31. The van der Waals surface area contributed by atoms with E-state index < -0.39 is 12.5 Å². The molecule has 0 saturated carbocycles. The van der Waals surface area contributed by atoms with Crippen LogP contribution in [-0.2, 0) is 17.8 Å². The molecule has 0 bridgehead atoms. The molecular weight excluding hydrogens is 392 g/mol. The molecule has 3 aromatic rings. The highest BCUT2D eigenvalue weighted by Crippen LogP contribution is 2.21. The maximum absolute atomic E-state index is 13.0. The summed E-state index contributed by atoms with van der Waals surface area (Å²) in [5, 5.41) is 8.22. The highest BCUT2D eigenvalue weighted by atomic mass is 19.3. The number of alkyl halides is 2. The first-order valence-electron chi connectivity index (χ1n) is 9.67. The van der Waals surface area contributed by atoms with Gasteiger partial charge < -0.3 is 10.1 Å². The summed E-state index contributed by atoms with van der Waals surface area (Å²) in [5.74, 6) is -2.82. The standard InChI is InChI=1S/C21H25F2N5O2/c1-13(2)26-19(29)8-18-16-11-28(27-17(16)5-6-24-18)10-15-7-14(3)20(25-9-15)30-12-21(4,22)23/h5-7,9,11,13H,8,10,12H2,1-4H3,(H,26,29). The van der Waals surface area contributed by atoms with E-state index in [4.69, 9.17) is 4.74 Å². The van der Waals surface area contributed by atoms with Crippen molar-refractivity contribution in [2.24, 2.45) is 0 Å². The topological polar surface area (TPSA) is 81.9 Å². The molecular formula is C21H25F2N5O2. The third-order valence-electron chi connectivity index (χ3n) is 4.24. The number of amides is 1. The van der Waals surface area contributed by atoms with E-state index in [0.29, 0.717) is 17.8 Å². The Morgan fingerprint density at radius 1 is 1.33 bits per heavy atom. The summed E-state index contributed by atoms with van der Waals surface area (Å²) in [7, 11) is 0. The molecule has 0 radical (unpaired) electrons. The van der Waals surface area contributed by atoms with E-state index in [1.807, 2.05) is 26.1 Å². The number of fused-ring (bicyclic) bond motifs is 1. The molecule has 0 unspecified atom stereocenters. The number of nitrogens with zero attached hydrogens (tertiary/aromatic N) is 4. The smallest absolute Gasteiger partial charge is 0.278 e. The number of aryl methyl sites for hydroxylation is 1. The molecule has 0 aliphatic heterocycles. The van der Waals surface area contributed by atoms with Crippen molar-refractivity contribution in [1.29, 1.82) is 0 Å². The second kappa shape index (κ2) is 8.73. The molecule has 0 fully saturated rings. The van der Waals surface area contributed by atoms with Crippen molar-refractivity contribution in [3.05, 3.63) is 47.5 Å². The van der Waals surface area contributed by atoms with Gasteiger partial charge in [0.05, 0.1) is 24.2 Å². The maximum atomic E-state index is 13.0. The zero-order valence-corrected chi connectivity index (χ0v) is 17.4. The average molecular weight is 417 g/mol. The number of ether oxygens (including phenoxy) is 1. The number of hydrogen-bond acceptors (Lipinski definition) is 5. The van der Waals surface area contributed by atoms with Crippen molar-refractivity contribution in [2.45, 2.75) is 52.6 Å². The van der Waals surface area contributed by atoms with Gasteiger partial charge in [-0.1, -0.05) is 0 Å². The van der Waals surface area contributed by atoms with Crippen LogP contribution in [0.5, 0.6) is 5.88 Å². The van der Waals surface area contributed by atoms with Crippen molar-refractivity contribution in [3.63, 3.8) is 0 Å². The van der Waals surface area contributed by atoms with Crippen LogP contribution in [0.1, 0.15) is 37.6 Å². The van der Waals surface area contributed by atoms with E-state index >= 15 is 0 Å². The van der Waals surface area contributed by atoms with E-state index in [1.165, 1.54) is 0 Å². The SMILES string of the molecule is Cc1cc(Cn2cc3c(CC(=O)NC(C)C)nccc3n2)cnc1OCC(C)(F)F. The Balaban J connectivity index is 1.75. The fourth-order valence-electron chi connectivity index (χ4n) is 3.04. The van der Waals surface area contributed by atoms with Crippen LogP contribution < -0.4 is 10.1 Å². The molecule has 30 heavy (non-hydrogen) atoms. The van der Waals surface area contributed by atoms with Gasteiger partial charge in [0, 0.05) is 42.5 Å². The Bertz CT molecular complexity index is 1040. The predicted octanol–water partition coefficient (Wildman–Crippen LogP) is 3.28. The minimum absolute atomic E-state index is 0.0608. The molecule has 0 atom stereocenters. The van der Waals surface area contributed by atoms with Crippen LogP contribution >= 0.6 is 0 Å². The van der Waals surface area contributed by atoms with Crippen molar-refractivity contribution >= 4 is 16.8 Å². The van der Waals surface area contributed by atoms with Crippen molar-refractivity contribution in [2.75, 3.05) is 6.61 Å². The molecule has 0 aliphatic carbocycles. The van der Waals surface area contributed by atoms with Crippen LogP contribution in [0.25, 0.3) is 10.9 Å². The zero-order valence-electron chi connectivity index (χ0n) is 17.4. The number of hydrogen-bond donors (Lipinski definition) is 1. The van der Waals surface area contributed by atoms with Gasteiger partial charge in [0.25, 0.3) is 5.92 Å². The zero-order chi connectivity index (χ0) is 21.9. The molecule has 3 heterocycles. The first-order chi connectivity index (χ1) is 14.1. The Labute approximate surface area is 173 Å². The number of rotatable bonds is 8. The number of carbonyl (C=O) groups excluding carboxylic acids is 1. The minimum Gasteiger partial charge on any atom is -0.471 e. The van der Waals surface area contributed by atoms with Gasteiger partial charge in [-0.25, -0.2) is 13.8 Å². The summed E-state index contributed by atoms with van der Waals surface area (Å²) in [4.78, 5) is 20.6.